The van der Waals surface area contributed by atoms with Gasteiger partial charge in [0.15, 0.2) is 0 Å². The molecule has 5 rings (SSSR count). The third kappa shape index (κ3) is 4.42. The third-order valence-electron chi connectivity index (χ3n) is 5.72. The molecule has 0 aliphatic heterocycles. The van der Waals surface area contributed by atoms with Gasteiger partial charge in [-0.15, -0.1) is 11.3 Å². The topological polar surface area (TPSA) is 83.0 Å². The van der Waals surface area contributed by atoms with Gasteiger partial charge in [0.2, 0.25) is 0 Å². The average molecular weight is 509 g/mol. The van der Waals surface area contributed by atoms with E-state index >= 15 is 0 Å². The lowest BCUT2D eigenvalue weighted by atomic mass is 10.0. The number of alkyl halides is 3. The van der Waals surface area contributed by atoms with E-state index < -0.39 is 23.8 Å². The van der Waals surface area contributed by atoms with Gasteiger partial charge in [-0.2, -0.15) is 13.2 Å². The maximum atomic E-state index is 13.5. The summed E-state index contributed by atoms with van der Waals surface area (Å²) in [5.74, 6) is -0.626. The number of benzene rings is 2. The van der Waals surface area contributed by atoms with E-state index in [1.807, 2.05) is 30.3 Å². The molecule has 1 atom stereocenters. The molecule has 0 fully saturated rings. The molecule has 0 saturated heterocycles. The quantitative estimate of drug-likeness (QED) is 0.287. The zero-order valence-corrected chi connectivity index (χ0v) is 19.7. The number of aromatic nitrogens is 3. The van der Waals surface area contributed by atoms with Crippen molar-refractivity contribution in [3.63, 3.8) is 0 Å². The van der Waals surface area contributed by atoms with Crippen LogP contribution in [0.1, 0.15) is 33.8 Å². The van der Waals surface area contributed by atoms with Crippen molar-refractivity contribution >= 4 is 28.3 Å². The molecule has 0 unspecified atom stereocenters. The number of hydrogen-bond acceptors (Lipinski definition) is 5. The number of pyridine rings is 1. The number of imidazole rings is 1. The number of primary amides is 1. The average Bonchev–Trinajstić information content (AvgIpc) is 3.47. The van der Waals surface area contributed by atoms with Crippen molar-refractivity contribution in [3.05, 3.63) is 95.4 Å². The van der Waals surface area contributed by atoms with Crippen LogP contribution in [0.5, 0.6) is 5.75 Å². The predicted molar refractivity (Wildman–Crippen MR) is 131 cm³/mol. The summed E-state index contributed by atoms with van der Waals surface area (Å²) in [7, 11) is 0. The second-order valence-corrected chi connectivity index (χ2v) is 9.07. The Morgan fingerprint density at radius 3 is 2.53 bits per heavy atom. The summed E-state index contributed by atoms with van der Waals surface area (Å²) < 4.78 is 48.2. The number of halogens is 3. The normalized spacial score (nSPS) is 12.6. The fourth-order valence-electron chi connectivity index (χ4n) is 4.01. The van der Waals surface area contributed by atoms with Crippen LogP contribution in [-0.4, -0.2) is 20.4 Å². The van der Waals surface area contributed by atoms with E-state index in [4.69, 9.17) is 10.5 Å². The Morgan fingerprint density at radius 2 is 1.81 bits per heavy atom. The van der Waals surface area contributed by atoms with Crippen LogP contribution >= 0.6 is 11.3 Å². The molecule has 1 amide bonds. The van der Waals surface area contributed by atoms with Crippen molar-refractivity contribution < 1.29 is 22.7 Å². The molecule has 0 radical (unpaired) electrons. The first kappa shape index (κ1) is 23.6. The SMILES string of the molecule is C[C@@H](Oc1cc(-n2cnc3ccc(-c4ccncc4)cc32)sc1C(N)=O)c1ccccc1C(F)(F)F. The molecule has 0 aliphatic rings. The van der Waals surface area contributed by atoms with E-state index in [9.17, 15) is 18.0 Å². The largest absolute Gasteiger partial charge is 0.484 e. The Hall–Kier alpha value is -4.18. The Morgan fingerprint density at radius 1 is 1.06 bits per heavy atom. The van der Waals surface area contributed by atoms with Crippen molar-refractivity contribution in [1.82, 2.24) is 14.5 Å². The number of nitrogens with two attached hydrogens (primary N) is 1. The van der Waals surface area contributed by atoms with Gasteiger partial charge in [-0.25, -0.2) is 4.98 Å². The van der Waals surface area contributed by atoms with Crippen molar-refractivity contribution in [2.75, 3.05) is 0 Å². The second-order valence-electron chi connectivity index (χ2n) is 8.04. The molecule has 0 aliphatic carbocycles. The Bertz CT molecular complexity index is 1560. The Labute approximate surface area is 207 Å². The minimum atomic E-state index is -4.54. The summed E-state index contributed by atoms with van der Waals surface area (Å²) in [5, 5.41) is 0.587. The second kappa shape index (κ2) is 9.12. The molecule has 0 spiro atoms. The van der Waals surface area contributed by atoms with E-state index in [1.165, 1.54) is 25.1 Å². The zero-order chi connectivity index (χ0) is 25.4. The van der Waals surface area contributed by atoms with Gasteiger partial charge in [0.25, 0.3) is 5.91 Å². The van der Waals surface area contributed by atoms with Gasteiger partial charge in [0.05, 0.1) is 16.6 Å². The summed E-state index contributed by atoms with van der Waals surface area (Å²) in [4.78, 5) is 20.8. The van der Waals surface area contributed by atoms with Gasteiger partial charge in [-0.1, -0.05) is 24.3 Å². The summed E-state index contributed by atoms with van der Waals surface area (Å²) in [6.45, 7) is 1.50. The van der Waals surface area contributed by atoms with Gasteiger partial charge in [0.1, 0.15) is 28.1 Å². The minimum Gasteiger partial charge on any atom is -0.484 e. The van der Waals surface area contributed by atoms with Crippen molar-refractivity contribution in [3.8, 4) is 21.9 Å². The van der Waals surface area contributed by atoms with Crippen LogP contribution in [-0.2, 0) is 6.18 Å². The van der Waals surface area contributed by atoms with E-state index in [0.717, 1.165) is 39.6 Å². The monoisotopic (exact) mass is 508 g/mol. The highest BCUT2D eigenvalue weighted by Gasteiger charge is 2.35. The fraction of sp³-hybridized carbons (Fsp3) is 0.115. The molecular formula is C26H19F3N4O2S. The number of thiophene rings is 1. The molecule has 0 saturated carbocycles. The standard InChI is InChI=1S/C26H19F3N4O2S/c1-15(18-4-2-3-5-19(18)26(27,28)29)35-22-13-23(36-24(22)25(30)34)33-14-32-20-7-6-17(12-21(20)33)16-8-10-31-11-9-16/h2-15H,1H3,(H2,30,34)/t15-/m1/s1. The minimum absolute atomic E-state index is 0.0387. The molecule has 6 nitrogen and oxygen atoms in total. The highest BCUT2D eigenvalue weighted by Crippen LogP contribution is 2.39. The number of nitrogens with zero attached hydrogens (tertiary/aromatic N) is 3. The summed E-state index contributed by atoms with van der Waals surface area (Å²) in [6.07, 6.45) is -0.498. The molecule has 3 heterocycles. The van der Waals surface area contributed by atoms with Crippen LogP contribution in [0.3, 0.4) is 0 Å². The molecule has 3 aromatic heterocycles. The Kier molecular flexibility index (Phi) is 5.97. The molecular weight excluding hydrogens is 489 g/mol. The highest BCUT2D eigenvalue weighted by atomic mass is 32.1. The van der Waals surface area contributed by atoms with Gasteiger partial charge in [-0.3, -0.25) is 14.3 Å². The van der Waals surface area contributed by atoms with Gasteiger partial charge in [0, 0.05) is 24.0 Å². The molecule has 10 heteroatoms. The highest BCUT2D eigenvalue weighted by molar-refractivity contribution is 7.16. The number of amides is 1. The van der Waals surface area contributed by atoms with Crippen LogP contribution in [0.4, 0.5) is 13.2 Å². The van der Waals surface area contributed by atoms with Crippen molar-refractivity contribution in [2.45, 2.75) is 19.2 Å². The number of carbonyl (C=O) groups is 1. The van der Waals surface area contributed by atoms with Crippen LogP contribution in [0.15, 0.2) is 79.4 Å². The molecule has 182 valence electrons. The smallest absolute Gasteiger partial charge is 0.416 e. The van der Waals surface area contributed by atoms with Gasteiger partial charge < -0.3 is 10.5 Å². The van der Waals surface area contributed by atoms with Crippen molar-refractivity contribution in [2.24, 2.45) is 5.73 Å². The first-order valence-electron chi connectivity index (χ1n) is 10.9. The summed E-state index contributed by atoms with van der Waals surface area (Å²) >= 11 is 1.08. The Balaban J connectivity index is 1.54. The number of hydrogen-bond donors (Lipinski definition) is 1. The van der Waals surface area contributed by atoms with Gasteiger partial charge in [-0.05, 0) is 48.4 Å². The lowest BCUT2D eigenvalue weighted by Gasteiger charge is -2.19. The number of fused-ring (bicyclic) bond motifs is 1. The molecule has 0 bridgehead atoms. The van der Waals surface area contributed by atoms with Crippen LogP contribution in [0.2, 0.25) is 0 Å². The van der Waals surface area contributed by atoms with E-state index in [0.29, 0.717) is 5.00 Å². The van der Waals surface area contributed by atoms with Crippen LogP contribution < -0.4 is 10.5 Å². The lowest BCUT2D eigenvalue weighted by Crippen LogP contribution is -2.15. The zero-order valence-electron chi connectivity index (χ0n) is 18.9. The van der Waals surface area contributed by atoms with Crippen LogP contribution in [0, 0.1) is 0 Å². The predicted octanol–water partition coefficient (Wildman–Crippen LogP) is 6.41. The molecule has 5 aromatic rings. The third-order valence-corrected chi connectivity index (χ3v) is 6.85. The van der Waals surface area contributed by atoms with Gasteiger partial charge >= 0.3 is 6.18 Å². The molecule has 2 N–H and O–H groups in total. The van der Waals surface area contributed by atoms with E-state index in [1.54, 1.807) is 29.4 Å². The van der Waals surface area contributed by atoms with Crippen LogP contribution in [0.25, 0.3) is 27.2 Å². The van der Waals surface area contributed by atoms with Crippen molar-refractivity contribution in [1.29, 1.82) is 0 Å². The molecule has 36 heavy (non-hydrogen) atoms. The first-order valence-corrected chi connectivity index (χ1v) is 11.7. The number of ether oxygens (including phenoxy) is 1. The first-order chi connectivity index (χ1) is 17.2. The fourth-order valence-corrected chi connectivity index (χ4v) is 4.94. The maximum Gasteiger partial charge on any atom is 0.416 e. The van der Waals surface area contributed by atoms with E-state index in [2.05, 4.69) is 9.97 Å². The lowest BCUT2D eigenvalue weighted by molar-refractivity contribution is -0.138. The summed E-state index contributed by atoms with van der Waals surface area (Å²) in [6, 6.07) is 16.4. The molecule has 2 aromatic carbocycles. The number of rotatable bonds is 6. The van der Waals surface area contributed by atoms with E-state index in [-0.39, 0.29) is 16.2 Å². The number of carbonyl (C=O) groups excluding carboxylic acids is 1. The summed E-state index contributed by atoms with van der Waals surface area (Å²) in [5.41, 5.74) is 8.20. The maximum absolute atomic E-state index is 13.5.